The smallest absolute Gasteiger partial charge is 0.230 e. The highest BCUT2D eigenvalue weighted by Gasteiger charge is 2.08. The highest BCUT2D eigenvalue weighted by Crippen LogP contribution is 2.27. The summed E-state index contributed by atoms with van der Waals surface area (Å²) in [6.07, 6.45) is 1.05. The van der Waals surface area contributed by atoms with Crippen LogP contribution in [0, 0.1) is 6.92 Å². The number of ether oxygens (including phenoxy) is 1. The molecule has 0 saturated heterocycles. The van der Waals surface area contributed by atoms with Crippen LogP contribution in [0.3, 0.4) is 0 Å². The van der Waals surface area contributed by atoms with Gasteiger partial charge in [-0.05, 0) is 39.3 Å². The van der Waals surface area contributed by atoms with Gasteiger partial charge in [0, 0.05) is 18.8 Å². The molecule has 6 nitrogen and oxygen atoms in total. The van der Waals surface area contributed by atoms with E-state index in [-0.39, 0.29) is 12.0 Å². The summed E-state index contributed by atoms with van der Waals surface area (Å²) < 4.78 is 6.20. The third-order valence-corrected chi connectivity index (χ3v) is 5.10. The van der Waals surface area contributed by atoms with Gasteiger partial charge in [-0.25, -0.2) is 0 Å². The summed E-state index contributed by atoms with van der Waals surface area (Å²) in [4.78, 5) is 11.8. The van der Waals surface area contributed by atoms with Gasteiger partial charge in [0.25, 0.3) is 0 Å². The lowest BCUT2D eigenvalue weighted by molar-refractivity contribution is -0.118. The molecule has 0 bridgehead atoms. The number of hydrogen-bond acceptors (Lipinski definition) is 7. The third kappa shape index (κ3) is 7.85. The summed E-state index contributed by atoms with van der Waals surface area (Å²) in [6, 6.07) is 8.07. The van der Waals surface area contributed by atoms with Crippen molar-refractivity contribution < 1.29 is 9.53 Å². The molecule has 136 valence electrons. The van der Waals surface area contributed by atoms with E-state index < -0.39 is 0 Å². The highest BCUT2D eigenvalue weighted by molar-refractivity contribution is 8.01. The van der Waals surface area contributed by atoms with Gasteiger partial charge in [-0.1, -0.05) is 40.8 Å². The fourth-order valence-electron chi connectivity index (χ4n) is 1.88. The van der Waals surface area contributed by atoms with Gasteiger partial charge in [-0.15, -0.1) is 10.2 Å². The van der Waals surface area contributed by atoms with E-state index in [1.54, 1.807) is 0 Å². The fraction of sp³-hybridized carbons (Fsp3) is 0.471. The molecule has 0 radical (unpaired) electrons. The van der Waals surface area contributed by atoms with Crippen molar-refractivity contribution >= 4 is 39.8 Å². The van der Waals surface area contributed by atoms with Crippen molar-refractivity contribution in [1.82, 2.24) is 15.5 Å². The van der Waals surface area contributed by atoms with Crippen molar-refractivity contribution in [2.75, 3.05) is 24.2 Å². The van der Waals surface area contributed by atoms with E-state index >= 15 is 0 Å². The van der Waals surface area contributed by atoms with Crippen molar-refractivity contribution in [3.05, 3.63) is 29.8 Å². The van der Waals surface area contributed by atoms with E-state index in [1.807, 2.05) is 45.0 Å². The number of nitrogens with one attached hydrogen (secondary N) is 2. The highest BCUT2D eigenvalue weighted by atomic mass is 32.2. The zero-order valence-corrected chi connectivity index (χ0v) is 16.4. The Hall–Kier alpha value is -1.64. The van der Waals surface area contributed by atoms with Crippen LogP contribution in [-0.4, -0.2) is 41.1 Å². The van der Waals surface area contributed by atoms with E-state index in [9.17, 15) is 4.79 Å². The average molecular weight is 381 g/mol. The van der Waals surface area contributed by atoms with Crippen molar-refractivity contribution in [3.8, 4) is 0 Å². The van der Waals surface area contributed by atoms with E-state index in [0.29, 0.717) is 18.9 Å². The molecule has 0 spiro atoms. The molecule has 25 heavy (non-hydrogen) atoms. The van der Waals surface area contributed by atoms with Gasteiger partial charge in [0.1, 0.15) is 0 Å². The number of hydrogen-bond donors (Lipinski definition) is 2. The summed E-state index contributed by atoms with van der Waals surface area (Å²) in [5.74, 6) is 0.335. The second-order valence-corrected chi connectivity index (χ2v) is 7.98. The molecule has 0 fully saturated rings. The first-order valence-corrected chi connectivity index (χ1v) is 10.0. The van der Waals surface area contributed by atoms with Crippen LogP contribution < -0.4 is 10.6 Å². The van der Waals surface area contributed by atoms with Crippen molar-refractivity contribution in [2.45, 2.75) is 37.6 Å². The third-order valence-electron chi connectivity index (χ3n) is 3.13. The van der Waals surface area contributed by atoms with Crippen molar-refractivity contribution in [3.63, 3.8) is 0 Å². The predicted molar refractivity (Wildman–Crippen MR) is 104 cm³/mol. The summed E-state index contributed by atoms with van der Waals surface area (Å²) in [5.41, 5.74) is 2.18. The van der Waals surface area contributed by atoms with Crippen LogP contribution in [0.2, 0.25) is 0 Å². The summed E-state index contributed by atoms with van der Waals surface area (Å²) in [5, 5.41) is 15.0. The maximum Gasteiger partial charge on any atom is 0.230 e. The Labute approximate surface area is 156 Å². The Morgan fingerprint density at radius 2 is 2.04 bits per heavy atom. The van der Waals surface area contributed by atoms with Crippen LogP contribution in [-0.2, 0) is 9.53 Å². The Balaban J connectivity index is 1.67. The Bertz CT molecular complexity index is 659. The van der Waals surface area contributed by atoms with E-state index in [0.717, 1.165) is 21.6 Å². The lowest BCUT2D eigenvalue weighted by Gasteiger charge is -2.07. The first kappa shape index (κ1) is 19.7. The second kappa shape index (κ2) is 10.4. The van der Waals surface area contributed by atoms with E-state index in [4.69, 9.17) is 4.74 Å². The summed E-state index contributed by atoms with van der Waals surface area (Å²) in [7, 11) is 0. The predicted octanol–water partition coefficient (Wildman–Crippen LogP) is 3.61. The number of carbonyl (C=O) groups is 1. The largest absolute Gasteiger partial charge is 0.379 e. The molecule has 1 amide bonds. The number of aryl methyl sites for hydroxylation is 1. The van der Waals surface area contributed by atoms with Crippen LogP contribution in [0.1, 0.15) is 25.8 Å². The van der Waals surface area contributed by atoms with Gasteiger partial charge in [-0.3, -0.25) is 4.79 Å². The monoisotopic (exact) mass is 380 g/mol. The zero-order chi connectivity index (χ0) is 18.1. The lowest BCUT2D eigenvalue weighted by atomic mass is 10.2. The molecule has 0 aliphatic carbocycles. The molecule has 2 aromatic rings. The molecule has 0 saturated carbocycles. The van der Waals surface area contributed by atoms with Crippen LogP contribution >= 0.6 is 23.1 Å². The molecule has 8 heteroatoms. The number of nitrogens with zero attached hydrogens (tertiary/aromatic N) is 2. The van der Waals surface area contributed by atoms with Crippen LogP contribution in [0.25, 0.3) is 0 Å². The number of amides is 1. The molecule has 1 aromatic carbocycles. The van der Waals surface area contributed by atoms with E-state index in [1.165, 1.54) is 28.7 Å². The zero-order valence-electron chi connectivity index (χ0n) is 14.7. The normalized spacial score (nSPS) is 10.9. The first-order chi connectivity index (χ1) is 12.0. The first-order valence-electron chi connectivity index (χ1n) is 8.21. The minimum absolute atomic E-state index is 0.00205. The number of benzene rings is 1. The summed E-state index contributed by atoms with van der Waals surface area (Å²) >= 11 is 2.83. The Morgan fingerprint density at radius 1 is 1.28 bits per heavy atom. The van der Waals surface area contributed by atoms with Gasteiger partial charge in [0.15, 0.2) is 4.34 Å². The number of anilines is 2. The molecule has 0 aliphatic rings. The van der Waals surface area contributed by atoms with Crippen molar-refractivity contribution in [2.24, 2.45) is 0 Å². The van der Waals surface area contributed by atoms with Gasteiger partial charge in [0.05, 0.1) is 11.9 Å². The minimum Gasteiger partial charge on any atom is -0.379 e. The summed E-state index contributed by atoms with van der Waals surface area (Å²) in [6.45, 7) is 7.34. The number of aromatic nitrogens is 2. The number of rotatable bonds is 10. The molecule has 1 aromatic heterocycles. The second-order valence-electron chi connectivity index (χ2n) is 5.78. The molecular formula is C17H24N4O2S2. The lowest BCUT2D eigenvalue weighted by Crippen LogP contribution is -2.27. The number of thioether (sulfide) groups is 1. The molecule has 1 heterocycles. The van der Waals surface area contributed by atoms with E-state index in [2.05, 4.69) is 20.8 Å². The molecule has 0 unspecified atom stereocenters. The van der Waals surface area contributed by atoms with Crippen LogP contribution in [0.15, 0.2) is 28.6 Å². The molecule has 0 atom stereocenters. The van der Waals surface area contributed by atoms with Gasteiger partial charge in [0.2, 0.25) is 11.0 Å². The van der Waals surface area contributed by atoms with Gasteiger partial charge in [-0.2, -0.15) is 0 Å². The van der Waals surface area contributed by atoms with Crippen LogP contribution in [0.5, 0.6) is 0 Å². The quantitative estimate of drug-likeness (QED) is 0.484. The fourth-order valence-corrected chi connectivity index (χ4v) is 3.48. The Kier molecular flexibility index (Phi) is 8.17. The van der Waals surface area contributed by atoms with Gasteiger partial charge < -0.3 is 15.4 Å². The Morgan fingerprint density at radius 3 is 2.76 bits per heavy atom. The van der Waals surface area contributed by atoms with Gasteiger partial charge >= 0.3 is 0 Å². The molecule has 0 aliphatic heterocycles. The average Bonchev–Trinajstić information content (AvgIpc) is 3.02. The van der Waals surface area contributed by atoms with Crippen LogP contribution in [0.4, 0.5) is 10.8 Å². The SMILES string of the molecule is Cc1ccc(Nc2nnc(SCC(=O)NCCCOC(C)C)s2)cc1. The maximum absolute atomic E-state index is 11.8. The topological polar surface area (TPSA) is 76.1 Å². The number of carbonyl (C=O) groups excluding carboxylic acids is 1. The molecule has 2 rings (SSSR count). The minimum atomic E-state index is -0.00205. The maximum atomic E-state index is 11.8. The molecule has 2 N–H and O–H groups in total. The molecular weight excluding hydrogens is 356 g/mol. The van der Waals surface area contributed by atoms with Crippen molar-refractivity contribution in [1.29, 1.82) is 0 Å². The standard InChI is InChI=1S/C17H24N4O2S2/c1-12(2)23-10-4-9-18-15(22)11-24-17-21-20-16(25-17)19-14-7-5-13(3)6-8-14/h5-8,12H,4,9-11H2,1-3H3,(H,18,22)(H,19,20).